The number of carboxylic acids is 1. The number of amides is 1. The Labute approximate surface area is 124 Å². The SMILES string of the molecule is CCS(=O)(=O)Cc1cccc(C(=O)NCCCC(=O)O)c1. The minimum absolute atomic E-state index is 0.00490. The van der Waals surface area contributed by atoms with Gasteiger partial charge >= 0.3 is 5.97 Å². The van der Waals surface area contributed by atoms with Gasteiger partial charge in [0.2, 0.25) is 0 Å². The first kappa shape index (κ1) is 17.2. The number of nitrogens with one attached hydrogen (secondary N) is 1. The molecule has 0 fully saturated rings. The Kier molecular flexibility index (Phi) is 6.36. The van der Waals surface area contributed by atoms with E-state index in [1.165, 1.54) is 0 Å². The molecule has 0 bridgehead atoms. The fraction of sp³-hybridized carbons (Fsp3) is 0.429. The maximum absolute atomic E-state index is 11.9. The molecule has 0 atom stereocenters. The fourth-order valence-electron chi connectivity index (χ4n) is 1.70. The number of sulfone groups is 1. The highest BCUT2D eigenvalue weighted by Gasteiger charge is 2.11. The average molecular weight is 313 g/mol. The van der Waals surface area contributed by atoms with E-state index in [2.05, 4.69) is 5.32 Å². The van der Waals surface area contributed by atoms with Crippen LogP contribution in [0.15, 0.2) is 24.3 Å². The molecule has 116 valence electrons. The van der Waals surface area contributed by atoms with E-state index in [9.17, 15) is 18.0 Å². The van der Waals surface area contributed by atoms with Gasteiger partial charge < -0.3 is 10.4 Å². The molecule has 21 heavy (non-hydrogen) atoms. The van der Waals surface area contributed by atoms with Crippen molar-refractivity contribution in [1.82, 2.24) is 5.32 Å². The van der Waals surface area contributed by atoms with Gasteiger partial charge in [-0.2, -0.15) is 0 Å². The van der Waals surface area contributed by atoms with Gasteiger partial charge in [0, 0.05) is 24.3 Å². The van der Waals surface area contributed by atoms with Gasteiger partial charge in [0.1, 0.15) is 0 Å². The van der Waals surface area contributed by atoms with E-state index < -0.39 is 15.8 Å². The van der Waals surface area contributed by atoms with Gasteiger partial charge in [0.15, 0.2) is 9.84 Å². The van der Waals surface area contributed by atoms with E-state index in [1.807, 2.05) is 0 Å². The first-order chi connectivity index (χ1) is 9.84. The zero-order valence-corrected chi connectivity index (χ0v) is 12.6. The summed E-state index contributed by atoms with van der Waals surface area (Å²) in [6, 6.07) is 6.43. The van der Waals surface area contributed by atoms with Crippen LogP contribution in [0.4, 0.5) is 0 Å². The highest BCUT2D eigenvalue weighted by molar-refractivity contribution is 7.90. The van der Waals surface area contributed by atoms with Crippen LogP contribution < -0.4 is 5.32 Å². The lowest BCUT2D eigenvalue weighted by atomic mass is 10.1. The molecule has 1 aromatic rings. The van der Waals surface area contributed by atoms with Gasteiger partial charge in [-0.25, -0.2) is 8.42 Å². The third-order valence-corrected chi connectivity index (χ3v) is 4.52. The van der Waals surface area contributed by atoms with Gasteiger partial charge in [-0.1, -0.05) is 19.1 Å². The quantitative estimate of drug-likeness (QED) is 0.703. The van der Waals surface area contributed by atoms with Crippen molar-refractivity contribution >= 4 is 21.7 Å². The van der Waals surface area contributed by atoms with Crippen molar-refractivity contribution in [3.63, 3.8) is 0 Å². The summed E-state index contributed by atoms with van der Waals surface area (Å²) in [5.41, 5.74) is 0.934. The fourth-order valence-corrected chi connectivity index (χ4v) is 2.59. The molecule has 0 aliphatic rings. The van der Waals surface area contributed by atoms with Gasteiger partial charge in [0.25, 0.3) is 5.91 Å². The Balaban J connectivity index is 2.63. The number of hydrogen-bond acceptors (Lipinski definition) is 4. The third kappa shape index (κ3) is 6.40. The topological polar surface area (TPSA) is 101 Å². The van der Waals surface area contributed by atoms with Crippen LogP contribution in [0.2, 0.25) is 0 Å². The van der Waals surface area contributed by atoms with E-state index in [0.717, 1.165) is 0 Å². The molecule has 0 heterocycles. The van der Waals surface area contributed by atoms with E-state index in [0.29, 0.717) is 17.5 Å². The number of hydrogen-bond donors (Lipinski definition) is 2. The largest absolute Gasteiger partial charge is 0.481 e. The lowest BCUT2D eigenvalue weighted by Crippen LogP contribution is -2.25. The molecular formula is C14H19NO5S. The summed E-state index contributed by atoms with van der Waals surface area (Å²) in [5.74, 6) is -1.28. The van der Waals surface area contributed by atoms with Crippen molar-refractivity contribution in [1.29, 1.82) is 0 Å². The van der Waals surface area contributed by atoms with Crippen LogP contribution >= 0.6 is 0 Å². The van der Waals surface area contributed by atoms with E-state index in [-0.39, 0.29) is 30.4 Å². The summed E-state index contributed by atoms with van der Waals surface area (Å²) < 4.78 is 23.1. The van der Waals surface area contributed by atoms with Crippen LogP contribution in [0.5, 0.6) is 0 Å². The maximum Gasteiger partial charge on any atom is 0.303 e. The molecule has 2 N–H and O–H groups in total. The Morgan fingerprint density at radius 2 is 2.00 bits per heavy atom. The van der Waals surface area contributed by atoms with E-state index in [4.69, 9.17) is 5.11 Å². The number of aliphatic carboxylic acids is 1. The molecule has 0 aliphatic heterocycles. The summed E-state index contributed by atoms with van der Waals surface area (Å²) in [7, 11) is -3.14. The van der Waals surface area contributed by atoms with Gasteiger partial charge in [-0.05, 0) is 24.1 Å². The molecular weight excluding hydrogens is 294 g/mol. The highest BCUT2D eigenvalue weighted by Crippen LogP contribution is 2.10. The Bertz CT molecular complexity index is 610. The molecule has 7 heteroatoms. The lowest BCUT2D eigenvalue weighted by molar-refractivity contribution is -0.137. The van der Waals surface area contributed by atoms with Crippen LogP contribution in [0.25, 0.3) is 0 Å². The van der Waals surface area contributed by atoms with Crippen molar-refractivity contribution in [2.75, 3.05) is 12.3 Å². The average Bonchev–Trinajstić information content (AvgIpc) is 2.43. The van der Waals surface area contributed by atoms with Crippen molar-refractivity contribution in [3.8, 4) is 0 Å². The molecule has 0 saturated carbocycles. The normalized spacial score (nSPS) is 11.1. The molecule has 0 saturated heterocycles. The van der Waals surface area contributed by atoms with E-state index >= 15 is 0 Å². The molecule has 1 amide bonds. The van der Waals surface area contributed by atoms with Gasteiger partial charge in [-0.15, -0.1) is 0 Å². The van der Waals surface area contributed by atoms with Crippen molar-refractivity contribution in [3.05, 3.63) is 35.4 Å². The number of rotatable bonds is 8. The molecule has 0 aromatic heterocycles. The Morgan fingerprint density at radius 3 is 2.62 bits per heavy atom. The van der Waals surface area contributed by atoms with E-state index in [1.54, 1.807) is 31.2 Å². The maximum atomic E-state index is 11.9. The number of carbonyl (C=O) groups is 2. The summed E-state index contributed by atoms with van der Waals surface area (Å²) in [6.45, 7) is 1.84. The summed E-state index contributed by atoms with van der Waals surface area (Å²) in [6.07, 6.45) is 0.347. The minimum atomic E-state index is -3.14. The first-order valence-corrected chi connectivity index (χ1v) is 8.45. The number of carboxylic acid groups (broad SMARTS) is 1. The molecule has 0 unspecified atom stereocenters. The molecule has 6 nitrogen and oxygen atoms in total. The Hall–Kier alpha value is -1.89. The summed E-state index contributed by atoms with van der Waals surface area (Å²) >= 11 is 0. The molecule has 0 radical (unpaired) electrons. The second kappa shape index (κ2) is 7.78. The van der Waals surface area contributed by atoms with Crippen LogP contribution in [0.3, 0.4) is 0 Å². The number of benzene rings is 1. The van der Waals surface area contributed by atoms with Crippen molar-refractivity contribution in [2.24, 2.45) is 0 Å². The van der Waals surface area contributed by atoms with Crippen molar-refractivity contribution < 1.29 is 23.1 Å². The summed E-state index contributed by atoms with van der Waals surface area (Å²) in [5, 5.41) is 11.1. The predicted octanol–water partition coefficient (Wildman–Crippen LogP) is 1.22. The monoisotopic (exact) mass is 313 g/mol. The zero-order chi connectivity index (χ0) is 15.9. The van der Waals surface area contributed by atoms with Crippen LogP contribution in [0, 0.1) is 0 Å². The van der Waals surface area contributed by atoms with Crippen LogP contribution in [-0.4, -0.2) is 37.7 Å². The Morgan fingerprint density at radius 1 is 1.29 bits per heavy atom. The lowest BCUT2D eigenvalue weighted by Gasteiger charge is -2.07. The van der Waals surface area contributed by atoms with Gasteiger partial charge in [-0.3, -0.25) is 9.59 Å². The minimum Gasteiger partial charge on any atom is -0.481 e. The molecule has 0 spiro atoms. The van der Waals surface area contributed by atoms with Crippen LogP contribution in [0.1, 0.15) is 35.7 Å². The predicted molar refractivity (Wildman–Crippen MR) is 78.8 cm³/mol. The second-order valence-corrected chi connectivity index (χ2v) is 6.98. The highest BCUT2D eigenvalue weighted by atomic mass is 32.2. The summed E-state index contributed by atoms with van der Waals surface area (Å²) in [4.78, 5) is 22.2. The molecule has 0 aliphatic carbocycles. The second-order valence-electron chi connectivity index (χ2n) is 4.63. The van der Waals surface area contributed by atoms with Crippen molar-refractivity contribution in [2.45, 2.75) is 25.5 Å². The number of carbonyl (C=O) groups excluding carboxylic acids is 1. The standard InChI is InChI=1S/C14H19NO5S/c1-2-21(19,20)10-11-5-3-6-12(9-11)14(18)15-8-4-7-13(16)17/h3,5-6,9H,2,4,7-8,10H2,1H3,(H,15,18)(H,16,17). The zero-order valence-electron chi connectivity index (χ0n) is 11.8. The smallest absolute Gasteiger partial charge is 0.303 e. The van der Waals surface area contributed by atoms with Gasteiger partial charge in [0.05, 0.1) is 5.75 Å². The third-order valence-electron chi connectivity index (χ3n) is 2.87. The molecule has 1 aromatic carbocycles. The van der Waals surface area contributed by atoms with Crippen LogP contribution in [-0.2, 0) is 20.4 Å². The molecule has 1 rings (SSSR count). The first-order valence-electron chi connectivity index (χ1n) is 6.63.